The average molecular weight is 378 g/mol. The maximum absolute atomic E-state index is 13.5. The number of carbonyl (C=O) groups excluding carboxylic acids is 1. The Bertz CT molecular complexity index is 887. The second-order valence-corrected chi connectivity index (χ2v) is 6.66. The third-order valence-electron chi connectivity index (χ3n) is 4.89. The van der Waals surface area contributed by atoms with E-state index < -0.39 is 11.4 Å². The fourth-order valence-electron chi connectivity index (χ4n) is 3.27. The van der Waals surface area contributed by atoms with E-state index in [0.29, 0.717) is 31.4 Å². The molecule has 144 valence electrons. The highest BCUT2D eigenvalue weighted by Gasteiger charge is 2.37. The Balaban J connectivity index is 1.83. The first-order chi connectivity index (χ1) is 13.6. The van der Waals surface area contributed by atoms with Crippen molar-refractivity contribution in [2.24, 2.45) is 5.73 Å². The second-order valence-electron chi connectivity index (χ2n) is 6.66. The molecule has 28 heavy (non-hydrogen) atoms. The quantitative estimate of drug-likeness (QED) is 0.600. The van der Waals surface area contributed by atoms with Gasteiger partial charge in [-0.15, -0.1) is 0 Å². The van der Waals surface area contributed by atoms with Crippen LogP contribution in [-0.2, 0) is 23.2 Å². The zero-order valence-corrected chi connectivity index (χ0v) is 15.5. The highest BCUT2D eigenvalue weighted by molar-refractivity contribution is 5.86. The molecule has 3 N–H and O–H groups in total. The van der Waals surface area contributed by atoms with Crippen LogP contribution in [0, 0.1) is 5.82 Å². The standard InChI is InChI=1S/C22H23FN4O/c23-20-3-1-19(2-4-20)22(21(24)28,11-5-17-6-12-25-13-7-17)27-16-10-18-8-14-26-15-9-18/h1-4,6-9,12-15,27H,5,10-11,16H2,(H2,24,28). The molecule has 5 nitrogen and oxygen atoms in total. The smallest absolute Gasteiger partial charge is 0.242 e. The van der Waals surface area contributed by atoms with Gasteiger partial charge >= 0.3 is 0 Å². The van der Waals surface area contributed by atoms with Crippen molar-refractivity contribution in [3.05, 3.63) is 95.8 Å². The summed E-state index contributed by atoms with van der Waals surface area (Å²) in [7, 11) is 0. The van der Waals surface area contributed by atoms with Gasteiger partial charge in [-0.25, -0.2) is 4.39 Å². The van der Waals surface area contributed by atoms with Gasteiger partial charge in [0.2, 0.25) is 5.91 Å². The molecular formula is C22H23FN4O. The van der Waals surface area contributed by atoms with E-state index in [9.17, 15) is 9.18 Å². The number of aromatic nitrogens is 2. The monoisotopic (exact) mass is 378 g/mol. The van der Waals surface area contributed by atoms with E-state index in [1.54, 1.807) is 36.9 Å². The van der Waals surface area contributed by atoms with Crippen LogP contribution in [0.1, 0.15) is 23.1 Å². The fraction of sp³-hybridized carbons (Fsp3) is 0.227. The number of hydrogen-bond donors (Lipinski definition) is 2. The molecule has 0 aliphatic rings. The molecule has 3 aromatic rings. The lowest BCUT2D eigenvalue weighted by Gasteiger charge is -2.33. The van der Waals surface area contributed by atoms with E-state index in [-0.39, 0.29) is 5.82 Å². The van der Waals surface area contributed by atoms with E-state index in [1.807, 2.05) is 24.3 Å². The highest BCUT2D eigenvalue weighted by atomic mass is 19.1. The van der Waals surface area contributed by atoms with Gasteiger partial charge < -0.3 is 5.73 Å². The third-order valence-corrected chi connectivity index (χ3v) is 4.89. The molecule has 1 unspecified atom stereocenters. The molecule has 1 aromatic carbocycles. The van der Waals surface area contributed by atoms with Gasteiger partial charge in [0, 0.05) is 31.3 Å². The molecule has 6 heteroatoms. The Morgan fingerprint density at radius 1 is 0.893 bits per heavy atom. The van der Waals surface area contributed by atoms with Crippen molar-refractivity contribution in [3.8, 4) is 0 Å². The maximum atomic E-state index is 13.5. The fourth-order valence-corrected chi connectivity index (χ4v) is 3.27. The number of carbonyl (C=O) groups is 1. The normalized spacial score (nSPS) is 13.0. The van der Waals surface area contributed by atoms with Gasteiger partial charge in [0.25, 0.3) is 0 Å². The lowest BCUT2D eigenvalue weighted by atomic mass is 9.83. The van der Waals surface area contributed by atoms with Crippen molar-refractivity contribution in [1.29, 1.82) is 0 Å². The topological polar surface area (TPSA) is 80.9 Å². The van der Waals surface area contributed by atoms with Crippen molar-refractivity contribution in [3.63, 3.8) is 0 Å². The van der Waals surface area contributed by atoms with Crippen LogP contribution in [0.4, 0.5) is 4.39 Å². The number of nitrogens with zero attached hydrogens (tertiary/aromatic N) is 2. The van der Waals surface area contributed by atoms with Crippen molar-refractivity contribution in [2.75, 3.05) is 6.54 Å². The summed E-state index contributed by atoms with van der Waals surface area (Å²) in [5, 5.41) is 3.35. The Morgan fingerprint density at radius 2 is 1.43 bits per heavy atom. The van der Waals surface area contributed by atoms with Gasteiger partial charge in [-0.1, -0.05) is 12.1 Å². The molecule has 3 rings (SSSR count). The van der Waals surface area contributed by atoms with Crippen molar-refractivity contribution < 1.29 is 9.18 Å². The number of nitrogens with one attached hydrogen (secondary N) is 1. The first kappa shape index (κ1) is 19.6. The first-order valence-corrected chi connectivity index (χ1v) is 9.19. The van der Waals surface area contributed by atoms with E-state index >= 15 is 0 Å². The largest absolute Gasteiger partial charge is 0.368 e. The minimum Gasteiger partial charge on any atom is -0.368 e. The molecular weight excluding hydrogens is 355 g/mol. The van der Waals surface area contributed by atoms with E-state index in [1.165, 1.54) is 12.1 Å². The lowest BCUT2D eigenvalue weighted by molar-refractivity contribution is -0.125. The average Bonchev–Trinajstić information content (AvgIpc) is 2.72. The van der Waals surface area contributed by atoms with Crippen LogP contribution in [0.2, 0.25) is 0 Å². The second kappa shape index (κ2) is 9.19. The molecule has 0 bridgehead atoms. The summed E-state index contributed by atoms with van der Waals surface area (Å²) in [6.07, 6.45) is 8.71. The molecule has 2 heterocycles. The molecule has 2 aromatic heterocycles. The lowest BCUT2D eigenvalue weighted by Crippen LogP contribution is -2.53. The van der Waals surface area contributed by atoms with E-state index in [2.05, 4.69) is 15.3 Å². The highest BCUT2D eigenvalue weighted by Crippen LogP contribution is 2.27. The number of pyridine rings is 2. The summed E-state index contributed by atoms with van der Waals surface area (Å²) >= 11 is 0. The van der Waals surface area contributed by atoms with Crippen LogP contribution in [0.5, 0.6) is 0 Å². The summed E-state index contributed by atoms with van der Waals surface area (Å²) in [4.78, 5) is 20.7. The van der Waals surface area contributed by atoms with Crippen LogP contribution in [-0.4, -0.2) is 22.4 Å². The number of halogens is 1. The summed E-state index contributed by atoms with van der Waals surface area (Å²) in [5.41, 5.74) is 7.59. The van der Waals surface area contributed by atoms with Crippen molar-refractivity contribution in [2.45, 2.75) is 24.8 Å². The van der Waals surface area contributed by atoms with Gasteiger partial charge in [0.05, 0.1) is 0 Å². The van der Waals surface area contributed by atoms with Gasteiger partial charge in [-0.05, 0) is 72.4 Å². The maximum Gasteiger partial charge on any atom is 0.242 e. The molecule has 0 saturated carbocycles. The molecule has 1 atom stereocenters. The molecule has 0 saturated heterocycles. The zero-order chi connectivity index (χ0) is 19.8. The summed E-state index contributed by atoms with van der Waals surface area (Å²) in [5.74, 6) is -0.837. The molecule has 0 spiro atoms. The summed E-state index contributed by atoms with van der Waals surface area (Å²) in [6.45, 7) is 0.542. The number of primary amides is 1. The van der Waals surface area contributed by atoms with Crippen molar-refractivity contribution >= 4 is 5.91 Å². The van der Waals surface area contributed by atoms with Gasteiger partial charge in [0.15, 0.2) is 0 Å². The summed E-state index contributed by atoms with van der Waals surface area (Å²) in [6, 6.07) is 13.6. The summed E-state index contributed by atoms with van der Waals surface area (Å²) < 4.78 is 13.5. The Hall–Kier alpha value is -3.12. The van der Waals surface area contributed by atoms with E-state index in [4.69, 9.17) is 5.73 Å². The number of nitrogens with two attached hydrogens (primary N) is 1. The molecule has 1 amide bonds. The predicted octanol–water partition coefficient (Wildman–Crippen LogP) is 2.76. The Kier molecular flexibility index (Phi) is 6.45. The van der Waals surface area contributed by atoms with Crippen LogP contribution < -0.4 is 11.1 Å². The van der Waals surface area contributed by atoms with Crippen LogP contribution in [0.3, 0.4) is 0 Å². The Morgan fingerprint density at radius 3 is 1.96 bits per heavy atom. The Labute approximate surface area is 163 Å². The molecule has 0 radical (unpaired) electrons. The molecule has 0 fully saturated rings. The minimum atomic E-state index is -1.09. The third kappa shape index (κ3) is 4.78. The first-order valence-electron chi connectivity index (χ1n) is 9.19. The number of rotatable bonds is 9. The van der Waals surface area contributed by atoms with Crippen LogP contribution in [0.15, 0.2) is 73.3 Å². The van der Waals surface area contributed by atoms with Crippen molar-refractivity contribution in [1.82, 2.24) is 15.3 Å². The van der Waals surface area contributed by atoms with Gasteiger partial charge in [-0.3, -0.25) is 20.1 Å². The number of benzene rings is 1. The number of aryl methyl sites for hydroxylation is 1. The van der Waals surface area contributed by atoms with Crippen LogP contribution >= 0.6 is 0 Å². The number of amides is 1. The minimum absolute atomic E-state index is 0.354. The molecule has 0 aliphatic heterocycles. The van der Waals surface area contributed by atoms with E-state index in [0.717, 1.165) is 11.1 Å². The van der Waals surface area contributed by atoms with Crippen LogP contribution in [0.25, 0.3) is 0 Å². The zero-order valence-electron chi connectivity index (χ0n) is 15.5. The molecule has 0 aliphatic carbocycles. The predicted molar refractivity (Wildman–Crippen MR) is 106 cm³/mol. The van der Waals surface area contributed by atoms with Gasteiger partial charge in [0.1, 0.15) is 11.4 Å². The SMILES string of the molecule is NC(=O)C(CCc1ccncc1)(NCCc1ccncc1)c1ccc(F)cc1. The van der Waals surface area contributed by atoms with Gasteiger partial charge in [-0.2, -0.15) is 0 Å². The number of hydrogen-bond acceptors (Lipinski definition) is 4.